The molecule has 0 aliphatic heterocycles. The number of hydrogen-bond donors (Lipinski definition) is 0. The second-order valence-electron chi connectivity index (χ2n) is 3.85. The van der Waals surface area contributed by atoms with Crippen LogP contribution in [0.25, 0.3) is 0 Å². The molecule has 1 aromatic rings. The summed E-state index contributed by atoms with van der Waals surface area (Å²) in [6.45, 7) is 2.09. The molecule has 0 aromatic heterocycles. The van der Waals surface area contributed by atoms with Crippen LogP contribution in [-0.4, -0.2) is 4.75 Å². The van der Waals surface area contributed by atoms with Crippen molar-refractivity contribution in [3.05, 3.63) is 42.0 Å². The summed E-state index contributed by atoms with van der Waals surface area (Å²) in [5, 5.41) is 9.26. The van der Waals surface area contributed by atoms with Gasteiger partial charge in [0.25, 0.3) is 0 Å². The van der Waals surface area contributed by atoms with Gasteiger partial charge in [0.15, 0.2) is 0 Å². The Morgan fingerprint density at radius 1 is 1.27 bits per heavy atom. The number of hydrogen-bond acceptors (Lipinski definition) is 2. The van der Waals surface area contributed by atoms with Crippen LogP contribution in [0.15, 0.2) is 41.3 Å². The minimum Gasteiger partial charge on any atom is -0.197 e. The first kappa shape index (κ1) is 10.3. The molecule has 0 saturated carbocycles. The average molecular weight is 215 g/mol. The van der Waals surface area contributed by atoms with E-state index >= 15 is 0 Å². The Morgan fingerprint density at radius 3 is 2.53 bits per heavy atom. The molecule has 2 heteroatoms. The van der Waals surface area contributed by atoms with E-state index in [9.17, 15) is 5.26 Å². The normalized spacial score (nSPS) is 17.6. The molecule has 1 aliphatic rings. The lowest BCUT2D eigenvalue weighted by Crippen LogP contribution is -2.17. The molecule has 2 rings (SSSR count). The van der Waals surface area contributed by atoms with Crippen LogP contribution in [0.5, 0.6) is 0 Å². The Morgan fingerprint density at radius 2 is 1.93 bits per heavy atom. The molecule has 1 aliphatic carbocycles. The Hall–Kier alpha value is -1.20. The maximum atomic E-state index is 9.26. The summed E-state index contributed by atoms with van der Waals surface area (Å²) in [7, 11) is 0. The molecule has 76 valence electrons. The molecule has 1 aromatic carbocycles. The van der Waals surface area contributed by atoms with Gasteiger partial charge in [0.1, 0.15) is 4.75 Å². The molecule has 0 atom stereocenters. The third kappa shape index (κ3) is 2.08. The number of aryl methyl sites for hydroxylation is 1. The van der Waals surface area contributed by atoms with Crippen LogP contribution in [-0.2, 0) is 0 Å². The Labute approximate surface area is 94.8 Å². The number of rotatable bonds is 2. The first-order valence-corrected chi connectivity index (χ1v) is 5.88. The van der Waals surface area contributed by atoms with Crippen LogP contribution in [0.4, 0.5) is 0 Å². The largest absolute Gasteiger partial charge is 0.197 e. The van der Waals surface area contributed by atoms with Crippen molar-refractivity contribution in [2.75, 3.05) is 0 Å². The first-order chi connectivity index (χ1) is 7.26. The minimum atomic E-state index is -0.258. The molecule has 0 unspecified atom stereocenters. The fraction of sp³-hybridized carbons (Fsp3) is 0.308. The van der Waals surface area contributed by atoms with Gasteiger partial charge in [-0.2, -0.15) is 5.26 Å². The van der Waals surface area contributed by atoms with Crippen LogP contribution < -0.4 is 0 Å². The van der Waals surface area contributed by atoms with Crippen molar-refractivity contribution >= 4 is 11.8 Å². The minimum absolute atomic E-state index is 0.258. The van der Waals surface area contributed by atoms with Crippen LogP contribution in [0.2, 0.25) is 0 Å². The summed E-state index contributed by atoms with van der Waals surface area (Å²) in [4.78, 5) is 1.22. The van der Waals surface area contributed by atoms with E-state index in [4.69, 9.17) is 0 Å². The zero-order valence-electron chi connectivity index (χ0n) is 8.73. The van der Waals surface area contributed by atoms with Gasteiger partial charge in [0.05, 0.1) is 6.07 Å². The van der Waals surface area contributed by atoms with Gasteiger partial charge < -0.3 is 0 Å². The van der Waals surface area contributed by atoms with Gasteiger partial charge in [-0.3, -0.25) is 0 Å². The number of allylic oxidation sites excluding steroid dienone is 2. The van der Waals surface area contributed by atoms with E-state index in [0.717, 1.165) is 12.8 Å². The van der Waals surface area contributed by atoms with Crippen LogP contribution in [0.3, 0.4) is 0 Å². The number of benzene rings is 1. The summed E-state index contributed by atoms with van der Waals surface area (Å²) in [6.07, 6.45) is 5.94. The van der Waals surface area contributed by atoms with Gasteiger partial charge in [-0.1, -0.05) is 30.4 Å². The lowest BCUT2D eigenvalue weighted by molar-refractivity contribution is 0.792. The van der Waals surface area contributed by atoms with Crippen molar-refractivity contribution in [1.29, 1.82) is 5.26 Å². The van der Waals surface area contributed by atoms with E-state index in [2.05, 4.69) is 37.3 Å². The molecule has 0 N–H and O–H groups in total. The maximum absolute atomic E-state index is 9.26. The zero-order valence-corrected chi connectivity index (χ0v) is 9.55. The summed E-state index contributed by atoms with van der Waals surface area (Å²) in [5.41, 5.74) is 1.25. The molecule has 15 heavy (non-hydrogen) atoms. The quantitative estimate of drug-likeness (QED) is 0.702. The van der Waals surface area contributed by atoms with E-state index in [-0.39, 0.29) is 4.75 Å². The first-order valence-electron chi connectivity index (χ1n) is 5.07. The Bertz CT molecular complexity index is 420. The fourth-order valence-corrected chi connectivity index (χ4v) is 2.91. The van der Waals surface area contributed by atoms with E-state index in [0.29, 0.717) is 0 Å². The molecule has 0 bridgehead atoms. The van der Waals surface area contributed by atoms with Crippen molar-refractivity contribution in [2.24, 2.45) is 0 Å². The second-order valence-corrected chi connectivity index (χ2v) is 5.28. The van der Waals surface area contributed by atoms with Gasteiger partial charge in [-0.15, -0.1) is 11.8 Å². The molecule has 0 amide bonds. The molecular formula is C13H13NS. The van der Waals surface area contributed by atoms with Crippen LogP contribution in [0, 0.1) is 18.3 Å². The highest BCUT2D eigenvalue weighted by Gasteiger charge is 2.32. The predicted octanol–water partition coefficient (Wildman–Crippen LogP) is 3.70. The van der Waals surface area contributed by atoms with Crippen molar-refractivity contribution in [3.8, 4) is 6.07 Å². The van der Waals surface area contributed by atoms with E-state index in [1.165, 1.54) is 10.5 Å². The smallest absolute Gasteiger partial charge is 0.114 e. The Balaban J connectivity index is 2.22. The standard InChI is InChI=1S/C13H13NS/c1-11-6-2-3-7-12(11)15-13(10-14)8-4-5-9-13/h2-7H,8-9H2,1H3. The number of nitriles is 1. The van der Waals surface area contributed by atoms with Crippen molar-refractivity contribution in [3.63, 3.8) is 0 Å². The zero-order chi connectivity index (χ0) is 10.7. The summed E-state index contributed by atoms with van der Waals surface area (Å²) < 4.78 is -0.258. The average Bonchev–Trinajstić information content (AvgIpc) is 2.71. The monoisotopic (exact) mass is 215 g/mol. The van der Waals surface area contributed by atoms with Gasteiger partial charge in [-0.05, 0) is 31.4 Å². The third-order valence-corrected chi connectivity index (χ3v) is 4.16. The van der Waals surface area contributed by atoms with Crippen molar-refractivity contribution < 1.29 is 0 Å². The second kappa shape index (κ2) is 4.12. The van der Waals surface area contributed by atoms with E-state index in [1.807, 2.05) is 12.1 Å². The number of thioether (sulfide) groups is 1. The highest BCUT2D eigenvalue weighted by Crippen LogP contribution is 2.42. The lowest BCUT2D eigenvalue weighted by atomic mass is 10.1. The van der Waals surface area contributed by atoms with Crippen molar-refractivity contribution in [2.45, 2.75) is 29.4 Å². The highest BCUT2D eigenvalue weighted by molar-refractivity contribution is 8.01. The summed E-state index contributed by atoms with van der Waals surface area (Å²) in [5.74, 6) is 0. The molecule has 0 heterocycles. The van der Waals surface area contributed by atoms with E-state index in [1.54, 1.807) is 11.8 Å². The third-order valence-electron chi connectivity index (χ3n) is 2.66. The van der Waals surface area contributed by atoms with Gasteiger partial charge in [0.2, 0.25) is 0 Å². The topological polar surface area (TPSA) is 23.8 Å². The number of nitrogens with zero attached hydrogens (tertiary/aromatic N) is 1. The lowest BCUT2D eigenvalue weighted by Gasteiger charge is -2.20. The van der Waals surface area contributed by atoms with Crippen LogP contribution >= 0.6 is 11.8 Å². The predicted molar refractivity (Wildman–Crippen MR) is 63.8 cm³/mol. The van der Waals surface area contributed by atoms with Crippen molar-refractivity contribution in [1.82, 2.24) is 0 Å². The van der Waals surface area contributed by atoms with Gasteiger partial charge in [-0.25, -0.2) is 0 Å². The summed E-state index contributed by atoms with van der Waals surface area (Å²) >= 11 is 1.70. The molecule has 1 nitrogen and oxygen atoms in total. The molecule has 0 spiro atoms. The van der Waals surface area contributed by atoms with E-state index < -0.39 is 0 Å². The molecule has 0 fully saturated rings. The molecule has 0 radical (unpaired) electrons. The van der Waals surface area contributed by atoms with Gasteiger partial charge >= 0.3 is 0 Å². The fourth-order valence-electron chi connectivity index (χ4n) is 1.71. The SMILES string of the molecule is Cc1ccccc1SC1(C#N)CC=CC1. The van der Waals surface area contributed by atoms with Gasteiger partial charge in [0, 0.05) is 4.90 Å². The molecule has 0 saturated heterocycles. The Kier molecular flexibility index (Phi) is 2.83. The highest BCUT2D eigenvalue weighted by atomic mass is 32.2. The van der Waals surface area contributed by atoms with Crippen LogP contribution in [0.1, 0.15) is 18.4 Å². The maximum Gasteiger partial charge on any atom is 0.114 e. The summed E-state index contributed by atoms with van der Waals surface area (Å²) in [6, 6.07) is 10.7. The molecular weight excluding hydrogens is 202 g/mol.